The molecule has 0 unspecified atom stereocenters. The normalized spacial score (nSPS) is 10.7. The van der Waals surface area contributed by atoms with Crippen molar-refractivity contribution in [3.8, 4) is 11.4 Å². The number of carbonyl (C=O) groups excluding carboxylic acids is 1. The van der Waals surface area contributed by atoms with E-state index >= 15 is 0 Å². The number of ether oxygens (including phenoxy) is 1. The number of anilines is 1. The number of carbonyl (C=O) groups is 1. The number of aromatic nitrogens is 3. The third-order valence-electron chi connectivity index (χ3n) is 4.76. The molecule has 0 radical (unpaired) electrons. The summed E-state index contributed by atoms with van der Waals surface area (Å²) in [5.41, 5.74) is 2.83. The van der Waals surface area contributed by atoms with Crippen LogP contribution < -0.4 is 10.1 Å². The molecule has 168 valence electrons. The van der Waals surface area contributed by atoms with Crippen LogP contribution in [0.15, 0.2) is 88.9 Å². The van der Waals surface area contributed by atoms with Gasteiger partial charge in [0, 0.05) is 22.3 Å². The average molecular weight is 477 g/mol. The third kappa shape index (κ3) is 6.18. The fourth-order valence-electron chi connectivity index (χ4n) is 3.21. The maximum atomic E-state index is 12.6. The van der Waals surface area contributed by atoms with Crippen LogP contribution >= 0.6 is 23.5 Å². The molecule has 8 heteroatoms. The number of rotatable bonds is 9. The summed E-state index contributed by atoms with van der Waals surface area (Å²) in [4.78, 5) is 13.7. The maximum absolute atomic E-state index is 12.6. The summed E-state index contributed by atoms with van der Waals surface area (Å²) in [5.74, 6) is 2.30. The highest BCUT2D eigenvalue weighted by Gasteiger charge is 2.16. The van der Waals surface area contributed by atoms with E-state index in [-0.39, 0.29) is 11.7 Å². The summed E-state index contributed by atoms with van der Waals surface area (Å²) in [6.07, 6.45) is 0. The largest absolute Gasteiger partial charge is 0.497 e. The van der Waals surface area contributed by atoms with Gasteiger partial charge in [-0.3, -0.25) is 9.36 Å². The Morgan fingerprint density at radius 3 is 2.58 bits per heavy atom. The van der Waals surface area contributed by atoms with Crippen LogP contribution in [0.4, 0.5) is 5.69 Å². The van der Waals surface area contributed by atoms with E-state index in [9.17, 15) is 4.79 Å². The van der Waals surface area contributed by atoms with Gasteiger partial charge in [0.15, 0.2) is 5.16 Å². The third-order valence-corrected chi connectivity index (χ3v) is 6.69. The lowest BCUT2D eigenvalue weighted by Crippen LogP contribution is -2.14. The van der Waals surface area contributed by atoms with E-state index in [0.717, 1.165) is 17.1 Å². The smallest absolute Gasteiger partial charge is 0.234 e. The highest BCUT2D eigenvalue weighted by molar-refractivity contribution is 7.99. The highest BCUT2D eigenvalue weighted by Crippen LogP contribution is 2.28. The zero-order chi connectivity index (χ0) is 23.0. The molecule has 33 heavy (non-hydrogen) atoms. The lowest BCUT2D eigenvalue weighted by molar-refractivity contribution is -0.113. The monoisotopic (exact) mass is 476 g/mol. The van der Waals surface area contributed by atoms with Crippen LogP contribution in [0.25, 0.3) is 5.69 Å². The van der Waals surface area contributed by atoms with Crippen LogP contribution in [0, 0.1) is 6.92 Å². The van der Waals surface area contributed by atoms with E-state index < -0.39 is 0 Å². The van der Waals surface area contributed by atoms with Crippen molar-refractivity contribution >= 4 is 35.1 Å². The Balaban J connectivity index is 1.50. The van der Waals surface area contributed by atoms with Gasteiger partial charge < -0.3 is 10.1 Å². The summed E-state index contributed by atoms with van der Waals surface area (Å²) in [5, 5.41) is 12.4. The van der Waals surface area contributed by atoms with E-state index in [1.165, 1.54) is 16.7 Å². The van der Waals surface area contributed by atoms with E-state index in [1.807, 2.05) is 53.1 Å². The second-order valence-electron chi connectivity index (χ2n) is 7.24. The Kier molecular flexibility index (Phi) is 7.70. The molecule has 1 heterocycles. The minimum absolute atomic E-state index is 0.118. The van der Waals surface area contributed by atoms with E-state index in [1.54, 1.807) is 24.9 Å². The van der Waals surface area contributed by atoms with Gasteiger partial charge >= 0.3 is 0 Å². The molecule has 1 amide bonds. The van der Waals surface area contributed by atoms with Crippen molar-refractivity contribution in [1.82, 2.24) is 14.8 Å². The second kappa shape index (κ2) is 11.1. The number of nitrogens with one attached hydrogen (secondary N) is 1. The Morgan fingerprint density at radius 1 is 0.970 bits per heavy atom. The first kappa shape index (κ1) is 22.9. The second-order valence-corrected chi connectivity index (χ2v) is 9.24. The van der Waals surface area contributed by atoms with Crippen LogP contribution in [0.1, 0.15) is 11.4 Å². The predicted octanol–water partition coefficient (Wildman–Crippen LogP) is 5.61. The molecular weight excluding hydrogens is 452 g/mol. The number of thioether (sulfide) groups is 2. The molecule has 1 aromatic heterocycles. The summed E-state index contributed by atoms with van der Waals surface area (Å²) in [7, 11) is 1.60. The summed E-state index contributed by atoms with van der Waals surface area (Å²) in [6.45, 7) is 2.06. The van der Waals surface area contributed by atoms with E-state index in [2.05, 4.69) is 46.7 Å². The van der Waals surface area contributed by atoms with Gasteiger partial charge in [0.2, 0.25) is 5.91 Å². The zero-order valence-electron chi connectivity index (χ0n) is 18.4. The summed E-state index contributed by atoms with van der Waals surface area (Å²) < 4.78 is 7.25. The van der Waals surface area contributed by atoms with Crippen molar-refractivity contribution in [2.75, 3.05) is 18.2 Å². The molecule has 0 aliphatic heterocycles. The first-order chi connectivity index (χ1) is 16.1. The van der Waals surface area contributed by atoms with Crippen molar-refractivity contribution in [3.63, 3.8) is 0 Å². The molecule has 3 aromatic carbocycles. The lowest BCUT2D eigenvalue weighted by Gasteiger charge is -2.11. The van der Waals surface area contributed by atoms with Gasteiger partial charge in [-0.2, -0.15) is 0 Å². The number of amides is 1. The SMILES string of the molecule is COc1cccc(NC(=O)CSc2nnc(CSc3ccccc3)n2-c2cccc(C)c2)c1. The lowest BCUT2D eigenvalue weighted by atomic mass is 10.2. The van der Waals surface area contributed by atoms with Crippen LogP contribution in [-0.4, -0.2) is 33.5 Å². The van der Waals surface area contributed by atoms with Crippen LogP contribution in [0.3, 0.4) is 0 Å². The molecule has 1 N–H and O–H groups in total. The molecule has 0 spiro atoms. The zero-order valence-corrected chi connectivity index (χ0v) is 20.0. The molecular formula is C25H24N4O2S2. The maximum Gasteiger partial charge on any atom is 0.234 e. The fourth-order valence-corrected chi connectivity index (χ4v) is 4.81. The summed E-state index contributed by atoms with van der Waals surface area (Å²) >= 11 is 3.07. The van der Waals surface area contributed by atoms with Gasteiger partial charge in [0.25, 0.3) is 0 Å². The van der Waals surface area contributed by atoms with Gasteiger partial charge in [0.1, 0.15) is 11.6 Å². The van der Waals surface area contributed by atoms with Crippen molar-refractivity contribution in [2.45, 2.75) is 22.7 Å². The number of methoxy groups -OCH3 is 1. The topological polar surface area (TPSA) is 69.0 Å². The van der Waals surface area contributed by atoms with E-state index in [4.69, 9.17) is 4.74 Å². The standard InChI is InChI=1S/C25H24N4O2S2/c1-18-8-6-10-20(14-18)29-23(16-32-22-12-4-3-5-13-22)27-28-25(29)33-17-24(30)26-19-9-7-11-21(15-19)31-2/h3-15H,16-17H2,1-2H3,(H,26,30). The van der Waals surface area contributed by atoms with Gasteiger partial charge in [-0.05, 0) is 48.9 Å². The molecule has 4 aromatic rings. The number of nitrogens with zero attached hydrogens (tertiary/aromatic N) is 3. The van der Waals surface area contributed by atoms with Crippen molar-refractivity contribution in [2.24, 2.45) is 0 Å². The average Bonchev–Trinajstić information content (AvgIpc) is 3.25. The number of aryl methyl sites for hydroxylation is 1. The number of hydrogen-bond donors (Lipinski definition) is 1. The molecule has 0 saturated heterocycles. The molecule has 6 nitrogen and oxygen atoms in total. The van der Waals surface area contributed by atoms with E-state index in [0.29, 0.717) is 22.3 Å². The van der Waals surface area contributed by atoms with Crippen LogP contribution in [0.2, 0.25) is 0 Å². The number of benzene rings is 3. The van der Waals surface area contributed by atoms with Crippen molar-refractivity contribution < 1.29 is 9.53 Å². The fraction of sp³-hybridized carbons (Fsp3) is 0.160. The Labute approximate surface area is 201 Å². The van der Waals surface area contributed by atoms with Crippen LogP contribution in [-0.2, 0) is 10.5 Å². The molecule has 0 fully saturated rings. The van der Waals surface area contributed by atoms with Crippen molar-refractivity contribution in [3.05, 3.63) is 90.3 Å². The highest BCUT2D eigenvalue weighted by atomic mass is 32.2. The Morgan fingerprint density at radius 2 is 1.79 bits per heavy atom. The Hall–Kier alpha value is -3.23. The minimum atomic E-state index is -0.118. The quantitative estimate of drug-likeness (QED) is 0.317. The van der Waals surface area contributed by atoms with Gasteiger partial charge in [-0.15, -0.1) is 22.0 Å². The Bertz CT molecular complexity index is 1230. The van der Waals surface area contributed by atoms with Crippen LogP contribution in [0.5, 0.6) is 5.75 Å². The minimum Gasteiger partial charge on any atom is -0.497 e. The molecule has 0 aliphatic rings. The molecule has 0 atom stereocenters. The van der Waals surface area contributed by atoms with Gasteiger partial charge in [-0.25, -0.2) is 0 Å². The predicted molar refractivity (Wildman–Crippen MR) is 134 cm³/mol. The van der Waals surface area contributed by atoms with Gasteiger partial charge in [0.05, 0.1) is 18.6 Å². The first-order valence-electron chi connectivity index (χ1n) is 10.4. The molecule has 4 rings (SSSR count). The first-order valence-corrected chi connectivity index (χ1v) is 12.4. The molecule has 0 aliphatic carbocycles. The van der Waals surface area contributed by atoms with Crippen molar-refractivity contribution in [1.29, 1.82) is 0 Å². The molecule has 0 saturated carbocycles. The molecule has 0 bridgehead atoms. The van der Waals surface area contributed by atoms with Gasteiger partial charge in [-0.1, -0.05) is 48.2 Å². The summed E-state index contributed by atoms with van der Waals surface area (Å²) in [6, 6.07) is 25.7. The number of hydrogen-bond acceptors (Lipinski definition) is 6.